The summed E-state index contributed by atoms with van der Waals surface area (Å²) in [4.78, 5) is 28.5. The van der Waals surface area contributed by atoms with Crippen LogP contribution in [0.5, 0.6) is 0 Å². The van der Waals surface area contributed by atoms with E-state index in [2.05, 4.69) is 39.0 Å². The van der Waals surface area contributed by atoms with Gasteiger partial charge in [0.2, 0.25) is 0 Å². The second-order valence-corrected chi connectivity index (χ2v) is 9.29. The average Bonchev–Trinajstić information content (AvgIpc) is 3.18. The summed E-state index contributed by atoms with van der Waals surface area (Å²) in [6.07, 6.45) is 6.26. The van der Waals surface area contributed by atoms with Crippen molar-refractivity contribution in [2.24, 2.45) is 4.99 Å². The van der Waals surface area contributed by atoms with Gasteiger partial charge in [0.15, 0.2) is 5.82 Å². The SMILES string of the molecule is CCCC(CCC)NC(=O)/C(C)=N/c1c(C)ncnc1N1CCc2cc(C(C)(C)F)ccc21. The van der Waals surface area contributed by atoms with Crippen molar-refractivity contribution in [3.05, 3.63) is 41.3 Å². The van der Waals surface area contributed by atoms with Crippen LogP contribution < -0.4 is 10.2 Å². The molecular weight excluding hydrogens is 417 g/mol. The van der Waals surface area contributed by atoms with Crippen molar-refractivity contribution in [2.45, 2.75) is 85.4 Å². The monoisotopic (exact) mass is 453 g/mol. The summed E-state index contributed by atoms with van der Waals surface area (Å²) in [6, 6.07) is 5.87. The Morgan fingerprint density at radius 1 is 1.24 bits per heavy atom. The normalized spacial score (nSPS) is 14.1. The number of carbonyl (C=O) groups excluding carboxylic acids is 1. The smallest absolute Gasteiger partial charge is 0.265 e. The molecule has 2 heterocycles. The standard InChI is InChI=1S/C26H36FN5O/c1-7-9-21(10-8-2)31-25(33)18(4)30-23-17(3)28-16-29-24(23)32-14-13-19-15-20(26(5,6)27)11-12-22(19)32/h11-12,15-16,21H,7-10,13-14H2,1-6H3,(H,31,33)/b30-18+. The fourth-order valence-electron chi connectivity index (χ4n) is 4.27. The van der Waals surface area contributed by atoms with Crippen LogP contribution in [0.3, 0.4) is 0 Å². The van der Waals surface area contributed by atoms with Gasteiger partial charge in [-0.1, -0.05) is 38.8 Å². The third-order valence-corrected chi connectivity index (χ3v) is 6.12. The minimum atomic E-state index is -1.39. The van der Waals surface area contributed by atoms with E-state index in [9.17, 15) is 9.18 Å². The molecule has 0 spiro atoms. The maximum atomic E-state index is 14.4. The second kappa shape index (κ2) is 10.4. The van der Waals surface area contributed by atoms with Gasteiger partial charge in [0, 0.05) is 18.3 Å². The second-order valence-electron chi connectivity index (χ2n) is 9.29. The number of hydrogen-bond acceptors (Lipinski definition) is 5. The number of halogens is 1. The number of fused-ring (bicyclic) bond motifs is 1. The molecule has 6 nitrogen and oxygen atoms in total. The molecule has 0 atom stereocenters. The first-order valence-corrected chi connectivity index (χ1v) is 11.9. The van der Waals surface area contributed by atoms with Gasteiger partial charge in [-0.2, -0.15) is 0 Å². The van der Waals surface area contributed by atoms with Gasteiger partial charge < -0.3 is 10.2 Å². The quantitative estimate of drug-likeness (QED) is 0.483. The van der Waals surface area contributed by atoms with E-state index in [-0.39, 0.29) is 11.9 Å². The van der Waals surface area contributed by atoms with Crippen molar-refractivity contribution in [2.75, 3.05) is 11.4 Å². The zero-order valence-electron chi connectivity index (χ0n) is 20.7. The van der Waals surface area contributed by atoms with Gasteiger partial charge in [-0.3, -0.25) is 4.79 Å². The average molecular weight is 454 g/mol. The van der Waals surface area contributed by atoms with Crippen molar-refractivity contribution in [3.8, 4) is 0 Å². The number of nitrogens with one attached hydrogen (secondary N) is 1. The molecule has 0 aliphatic carbocycles. The highest BCUT2D eigenvalue weighted by Gasteiger charge is 2.28. The lowest BCUT2D eigenvalue weighted by Crippen LogP contribution is -2.38. The topological polar surface area (TPSA) is 70.5 Å². The fourth-order valence-corrected chi connectivity index (χ4v) is 4.27. The van der Waals surface area contributed by atoms with E-state index in [0.717, 1.165) is 43.4 Å². The van der Waals surface area contributed by atoms with E-state index in [4.69, 9.17) is 0 Å². The highest BCUT2D eigenvalue weighted by molar-refractivity contribution is 6.38. The zero-order valence-corrected chi connectivity index (χ0v) is 20.7. The van der Waals surface area contributed by atoms with Crippen molar-refractivity contribution < 1.29 is 9.18 Å². The minimum Gasteiger partial charge on any atom is -0.348 e. The molecule has 3 rings (SSSR count). The number of carbonyl (C=O) groups is 1. The Kier molecular flexibility index (Phi) is 7.82. The summed E-state index contributed by atoms with van der Waals surface area (Å²) in [7, 11) is 0. The van der Waals surface area contributed by atoms with Crippen LogP contribution >= 0.6 is 0 Å². The summed E-state index contributed by atoms with van der Waals surface area (Å²) < 4.78 is 14.4. The number of aryl methyl sites for hydroxylation is 1. The molecule has 33 heavy (non-hydrogen) atoms. The highest BCUT2D eigenvalue weighted by Crippen LogP contribution is 2.40. The molecule has 0 radical (unpaired) electrons. The largest absolute Gasteiger partial charge is 0.348 e. The van der Waals surface area contributed by atoms with Gasteiger partial charge in [-0.05, 0) is 64.2 Å². The molecule has 0 saturated heterocycles. The third kappa shape index (κ3) is 5.75. The molecule has 1 amide bonds. The summed E-state index contributed by atoms with van der Waals surface area (Å²) in [5, 5.41) is 3.12. The molecule has 1 N–H and O–H groups in total. The first-order chi connectivity index (χ1) is 15.7. The number of alkyl halides is 1. The fraction of sp³-hybridized carbons (Fsp3) is 0.538. The minimum absolute atomic E-state index is 0.157. The van der Waals surface area contributed by atoms with E-state index >= 15 is 0 Å². The van der Waals surface area contributed by atoms with E-state index in [1.165, 1.54) is 6.33 Å². The van der Waals surface area contributed by atoms with Crippen LogP contribution in [0, 0.1) is 6.92 Å². The molecule has 1 aromatic carbocycles. The van der Waals surface area contributed by atoms with Crippen LogP contribution in [0.1, 0.15) is 77.1 Å². The number of amides is 1. The van der Waals surface area contributed by atoms with Crippen LogP contribution in [0.25, 0.3) is 0 Å². The Bertz CT molecular complexity index is 1020. The molecule has 0 saturated carbocycles. The molecule has 1 aliphatic heterocycles. The Hall–Kier alpha value is -2.83. The summed E-state index contributed by atoms with van der Waals surface area (Å²) in [6.45, 7) is 11.7. The van der Waals surface area contributed by atoms with Gasteiger partial charge in [0.25, 0.3) is 5.91 Å². The van der Waals surface area contributed by atoms with Gasteiger partial charge >= 0.3 is 0 Å². The lowest BCUT2D eigenvalue weighted by Gasteiger charge is -2.22. The maximum absolute atomic E-state index is 14.4. The Balaban J connectivity index is 1.91. The Morgan fingerprint density at radius 2 is 1.94 bits per heavy atom. The number of aliphatic imine (C=N–C) groups is 1. The Morgan fingerprint density at radius 3 is 2.58 bits per heavy atom. The summed E-state index contributed by atoms with van der Waals surface area (Å²) in [5.74, 6) is 0.507. The predicted octanol–water partition coefficient (Wildman–Crippen LogP) is 5.86. The molecule has 1 aromatic heterocycles. The number of rotatable bonds is 9. The van der Waals surface area contributed by atoms with Gasteiger partial charge in [-0.15, -0.1) is 0 Å². The Labute approximate surface area is 196 Å². The molecule has 0 unspecified atom stereocenters. The maximum Gasteiger partial charge on any atom is 0.265 e. The van der Waals surface area contributed by atoms with Crippen molar-refractivity contribution >= 4 is 28.8 Å². The predicted molar refractivity (Wildman–Crippen MR) is 133 cm³/mol. The van der Waals surface area contributed by atoms with Crippen LogP contribution in [0.15, 0.2) is 29.5 Å². The third-order valence-electron chi connectivity index (χ3n) is 6.12. The molecule has 2 aromatic rings. The van der Waals surface area contributed by atoms with E-state index in [0.29, 0.717) is 35.0 Å². The molecule has 1 aliphatic rings. The van der Waals surface area contributed by atoms with Crippen molar-refractivity contribution in [3.63, 3.8) is 0 Å². The molecule has 0 bridgehead atoms. The van der Waals surface area contributed by atoms with Gasteiger partial charge in [0.05, 0.1) is 5.69 Å². The number of hydrogen-bond donors (Lipinski definition) is 1. The zero-order chi connectivity index (χ0) is 24.2. The van der Waals surface area contributed by atoms with Crippen molar-refractivity contribution in [1.82, 2.24) is 15.3 Å². The van der Waals surface area contributed by atoms with E-state index < -0.39 is 5.67 Å². The number of anilines is 2. The molecule has 0 fully saturated rings. The van der Waals surface area contributed by atoms with Crippen LogP contribution in [0.4, 0.5) is 21.6 Å². The first kappa shape index (κ1) is 24.8. The first-order valence-electron chi connectivity index (χ1n) is 11.9. The number of nitrogens with zero attached hydrogens (tertiary/aromatic N) is 4. The van der Waals surface area contributed by atoms with Crippen LogP contribution in [-0.2, 0) is 16.9 Å². The molecular formula is C26H36FN5O. The van der Waals surface area contributed by atoms with E-state index in [1.54, 1.807) is 20.8 Å². The van der Waals surface area contributed by atoms with Crippen molar-refractivity contribution in [1.29, 1.82) is 0 Å². The number of aromatic nitrogens is 2. The highest BCUT2D eigenvalue weighted by atomic mass is 19.1. The summed E-state index contributed by atoms with van der Waals surface area (Å²) >= 11 is 0. The lowest BCUT2D eigenvalue weighted by atomic mass is 9.97. The molecule has 178 valence electrons. The summed E-state index contributed by atoms with van der Waals surface area (Å²) in [5.41, 5.74) is 3.05. The van der Waals surface area contributed by atoms with Crippen LogP contribution in [-0.4, -0.2) is 34.2 Å². The lowest BCUT2D eigenvalue weighted by molar-refractivity contribution is -0.115. The van der Waals surface area contributed by atoms with Crippen LogP contribution in [0.2, 0.25) is 0 Å². The van der Waals surface area contributed by atoms with Gasteiger partial charge in [0.1, 0.15) is 23.4 Å². The van der Waals surface area contributed by atoms with E-state index in [1.807, 2.05) is 25.1 Å². The molecule has 7 heteroatoms. The van der Waals surface area contributed by atoms with Gasteiger partial charge in [-0.25, -0.2) is 19.4 Å². The number of benzene rings is 1.